The quantitative estimate of drug-likeness (QED) is 0.651. The number of hydrogen-bond donors (Lipinski definition) is 0. The van der Waals surface area contributed by atoms with Gasteiger partial charge in [0.2, 0.25) is 0 Å². The van der Waals surface area contributed by atoms with Crippen LogP contribution in [0.2, 0.25) is 0 Å². The van der Waals surface area contributed by atoms with Gasteiger partial charge in [0.1, 0.15) is 10.6 Å². The lowest BCUT2D eigenvalue weighted by Gasteiger charge is -2.33. The summed E-state index contributed by atoms with van der Waals surface area (Å²) in [4.78, 5) is 21.9. The highest BCUT2D eigenvalue weighted by Crippen LogP contribution is 2.42. The molecule has 1 aliphatic carbocycles. The second-order valence-corrected chi connectivity index (χ2v) is 9.45. The number of ether oxygens (including phenoxy) is 1. The van der Waals surface area contributed by atoms with Gasteiger partial charge >= 0.3 is 0 Å². The number of likely N-dealkylation sites (N-methyl/N-ethyl adjacent to an activating group) is 1. The summed E-state index contributed by atoms with van der Waals surface area (Å²) in [6.07, 6.45) is 8.79. The topological polar surface area (TPSA) is 54.4 Å². The fourth-order valence-corrected chi connectivity index (χ4v) is 6.28. The van der Waals surface area contributed by atoms with E-state index in [-0.39, 0.29) is 6.10 Å². The number of rotatable bonds is 2. The zero-order valence-corrected chi connectivity index (χ0v) is 17.5. The molecular weight excluding hydrogens is 382 g/mol. The predicted molar refractivity (Wildman–Crippen MR) is 116 cm³/mol. The van der Waals surface area contributed by atoms with Crippen LogP contribution in [0.3, 0.4) is 0 Å². The van der Waals surface area contributed by atoms with Gasteiger partial charge in [0.15, 0.2) is 5.82 Å². The summed E-state index contributed by atoms with van der Waals surface area (Å²) < 4.78 is 6.11. The third kappa shape index (κ3) is 2.95. The first-order valence-electron chi connectivity index (χ1n) is 10.6. The summed E-state index contributed by atoms with van der Waals surface area (Å²) >= 11 is 1.87. The molecule has 2 aliphatic heterocycles. The molecule has 0 saturated carbocycles. The number of thiophene rings is 1. The lowest BCUT2D eigenvalue weighted by molar-refractivity contribution is -0.0362. The van der Waals surface area contributed by atoms with Gasteiger partial charge in [0.25, 0.3) is 0 Å². The molecule has 0 radical (unpaired) electrons. The molecule has 0 amide bonds. The van der Waals surface area contributed by atoms with Gasteiger partial charge in [0, 0.05) is 42.5 Å². The van der Waals surface area contributed by atoms with Gasteiger partial charge in [-0.05, 0) is 50.4 Å². The van der Waals surface area contributed by atoms with Crippen LogP contribution in [0.4, 0.5) is 5.82 Å². The molecule has 2 atom stereocenters. The summed E-state index contributed by atoms with van der Waals surface area (Å²) in [6.45, 7) is 3.69. The number of hydrogen-bond acceptors (Lipinski definition) is 7. The van der Waals surface area contributed by atoms with Crippen molar-refractivity contribution in [3.05, 3.63) is 35.0 Å². The van der Waals surface area contributed by atoms with Crippen molar-refractivity contribution in [1.82, 2.24) is 19.9 Å². The standard InChI is InChI=1S/C22H25N5OS/c1-26-9-10-28-17-13-27(12-16(17)26)21-19-15-6-2-3-7-18(15)29-22(19)25-20(24-21)14-5-4-8-23-11-14/h4-5,8,11,16-17H,2-3,6-7,9-10,12-13H2,1H3. The fraction of sp³-hybridized carbons (Fsp3) is 0.500. The van der Waals surface area contributed by atoms with Crippen molar-refractivity contribution in [3.8, 4) is 11.4 Å². The number of nitrogens with zero attached hydrogens (tertiary/aromatic N) is 5. The van der Waals surface area contributed by atoms with Gasteiger partial charge in [-0.3, -0.25) is 9.88 Å². The molecule has 3 aliphatic rings. The van der Waals surface area contributed by atoms with E-state index in [4.69, 9.17) is 14.7 Å². The number of morpholine rings is 1. The Hall–Kier alpha value is -2.09. The number of pyridine rings is 1. The summed E-state index contributed by atoms with van der Waals surface area (Å²) in [7, 11) is 2.22. The highest BCUT2D eigenvalue weighted by atomic mass is 32.1. The van der Waals surface area contributed by atoms with Crippen LogP contribution < -0.4 is 4.90 Å². The predicted octanol–water partition coefficient (Wildman–Crippen LogP) is 3.15. The van der Waals surface area contributed by atoms with E-state index in [1.165, 1.54) is 35.1 Å². The molecule has 7 heteroatoms. The van der Waals surface area contributed by atoms with Crippen LogP contribution in [0, 0.1) is 0 Å². The second kappa shape index (κ2) is 7.00. The van der Waals surface area contributed by atoms with Gasteiger partial charge in [-0.15, -0.1) is 11.3 Å². The Bertz CT molecular complexity index is 1050. The molecule has 3 aromatic rings. The van der Waals surface area contributed by atoms with Crippen LogP contribution in [-0.2, 0) is 17.6 Å². The van der Waals surface area contributed by atoms with Crippen LogP contribution in [0.15, 0.2) is 24.5 Å². The Balaban J connectivity index is 1.51. The first-order chi connectivity index (χ1) is 14.3. The first kappa shape index (κ1) is 17.7. The van der Waals surface area contributed by atoms with Crippen molar-refractivity contribution in [2.45, 2.75) is 37.8 Å². The van der Waals surface area contributed by atoms with E-state index in [0.29, 0.717) is 6.04 Å². The van der Waals surface area contributed by atoms with Crippen molar-refractivity contribution >= 4 is 27.4 Å². The lowest BCUT2D eigenvalue weighted by Crippen LogP contribution is -2.48. The van der Waals surface area contributed by atoms with E-state index in [0.717, 1.165) is 54.7 Å². The Morgan fingerprint density at radius 3 is 2.97 bits per heavy atom. The van der Waals surface area contributed by atoms with Crippen molar-refractivity contribution in [3.63, 3.8) is 0 Å². The van der Waals surface area contributed by atoms with Crippen molar-refractivity contribution in [1.29, 1.82) is 0 Å². The van der Waals surface area contributed by atoms with Crippen molar-refractivity contribution in [2.24, 2.45) is 0 Å². The monoisotopic (exact) mass is 407 g/mol. The zero-order valence-electron chi connectivity index (χ0n) is 16.7. The molecular formula is C22H25N5OS. The van der Waals surface area contributed by atoms with Crippen LogP contribution in [0.5, 0.6) is 0 Å². The van der Waals surface area contributed by atoms with E-state index >= 15 is 0 Å². The van der Waals surface area contributed by atoms with E-state index < -0.39 is 0 Å². The Labute approximate surface area is 174 Å². The normalized spacial score (nSPS) is 24.7. The first-order valence-corrected chi connectivity index (χ1v) is 11.4. The highest BCUT2D eigenvalue weighted by Gasteiger charge is 2.40. The van der Waals surface area contributed by atoms with Crippen LogP contribution in [-0.4, -0.2) is 65.3 Å². The zero-order chi connectivity index (χ0) is 19.4. The maximum absolute atomic E-state index is 6.11. The van der Waals surface area contributed by atoms with Gasteiger partial charge in [-0.2, -0.15) is 0 Å². The van der Waals surface area contributed by atoms with Crippen LogP contribution in [0.25, 0.3) is 21.6 Å². The Morgan fingerprint density at radius 1 is 1.17 bits per heavy atom. The molecule has 6 nitrogen and oxygen atoms in total. The third-order valence-electron chi connectivity index (χ3n) is 6.59. The molecule has 0 N–H and O–H groups in total. The largest absolute Gasteiger partial charge is 0.373 e. The van der Waals surface area contributed by atoms with E-state index in [2.05, 4.69) is 21.8 Å². The number of anilines is 1. The van der Waals surface area contributed by atoms with E-state index in [1.54, 1.807) is 6.20 Å². The molecule has 3 aromatic heterocycles. The Morgan fingerprint density at radius 2 is 2.10 bits per heavy atom. The maximum atomic E-state index is 6.11. The molecule has 29 heavy (non-hydrogen) atoms. The smallest absolute Gasteiger partial charge is 0.164 e. The third-order valence-corrected chi connectivity index (χ3v) is 7.78. The minimum Gasteiger partial charge on any atom is -0.373 e. The van der Waals surface area contributed by atoms with E-state index in [9.17, 15) is 0 Å². The number of aromatic nitrogens is 3. The summed E-state index contributed by atoms with van der Waals surface area (Å²) in [6, 6.07) is 4.44. The minimum absolute atomic E-state index is 0.259. The molecule has 2 saturated heterocycles. The molecule has 0 spiro atoms. The van der Waals surface area contributed by atoms with Gasteiger partial charge in [-0.25, -0.2) is 9.97 Å². The summed E-state index contributed by atoms with van der Waals surface area (Å²) in [5, 5.41) is 1.29. The van der Waals surface area contributed by atoms with Gasteiger partial charge in [-0.1, -0.05) is 0 Å². The molecule has 5 heterocycles. The highest BCUT2D eigenvalue weighted by molar-refractivity contribution is 7.19. The molecule has 150 valence electrons. The fourth-order valence-electron chi connectivity index (χ4n) is 5.02. The molecule has 6 rings (SSSR count). The number of aryl methyl sites for hydroxylation is 2. The van der Waals surface area contributed by atoms with Crippen molar-refractivity contribution in [2.75, 3.05) is 38.2 Å². The maximum Gasteiger partial charge on any atom is 0.164 e. The Kier molecular flexibility index (Phi) is 4.29. The average Bonchev–Trinajstić information content (AvgIpc) is 3.36. The van der Waals surface area contributed by atoms with Crippen LogP contribution >= 0.6 is 11.3 Å². The van der Waals surface area contributed by atoms with Gasteiger partial charge in [0.05, 0.1) is 24.1 Å². The molecule has 0 aromatic carbocycles. The van der Waals surface area contributed by atoms with E-state index in [1.807, 2.05) is 29.7 Å². The number of fused-ring (bicyclic) bond motifs is 4. The molecule has 2 fully saturated rings. The van der Waals surface area contributed by atoms with Crippen molar-refractivity contribution < 1.29 is 4.74 Å². The summed E-state index contributed by atoms with van der Waals surface area (Å²) in [5.41, 5.74) is 2.47. The second-order valence-electron chi connectivity index (χ2n) is 8.37. The minimum atomic E-state index is 0.259. The molecule has 0 bridgehead atoms. The summed E-state index contributed by atoms with van der Waals surface area (Å²) in [5.74, 6) is 1.88. The lowest BCUT2D eigenvalue weighted by atomic mass is 9.97. The SMILES string of the molecule is CN1CCOC2CN(c3nc(-c4cccnc4)nc4sc5c(c34)CCCC5)CC21. The average molecular weight is 408 g/mol. The van der Waals surface area contributed by atoms with Crippen LogP contribution in [0.1, 0.15) is 23.3 Å². The van der Waals surface area contributed by atoms with Gasteiger partial charge < -0.3 is 9.64 Å². The molecule has 2 unspecified atom stereocenters.